The van der Waals surface area contributed by atoms with Crippen LogP contribution >= 0.6 is 0 Å². The van der Waals surface area contributed by atoms with E-state index in [1.807, 2.05) is 13.8 Å². The van der Waals surface area contributed by atoms with Gasteiger partial charge in [-0.3, -0.25) is 4.79 Å². The molecule has 0 heterocycles. The van der Waals surface area contributed by atoms with Gasteiger partial charge < -0.3 is 20.1 Å². The minimum absolute atomic E-state index is 0.0190. The Kier molecular flexibility index (Phi) is 6.67. The summed E-state index contributed by atoms with van der Waals surface area (Å²) in [5.41, 5.74) is -0.678. The molecule has 0 fully saturated rings. The first-order chi connectivity index (χ1) is 7.66. The number of nitrogens with one attached hydrogen (secondary N) is 1. The average Bonchev–Trinajstić information content (AvgIpc) is 2.22. The molecule has 0 bridgehead atoms. The standard InChI is InChI=1S/C12H26N2O3/c1-9(2)17-8-10(15)7-13-12(3,4)11(16)14(5)6/h9-10,13,15H,7-8H2,1-6H3. The highest BCUT2D eigenvalue weighted by Gasteiger charge is 2.28. The first-order valence-electron chi connectivity index (χ1n) is 5.93. The SMILES string of the molecule is CC(C)OCC(O)CNC(C)(C)C(=O)N(C)C. The second kappa shape index (κ2) is 6.93. The van der Waals surface area contributed by atoms with Crippen molar-refractivity contribution in [2.24, 2.45) is 0 Å². The molecule has 102 valence electrons. The van der Waals surface area contributed by atoms with Crippen LogP contribution in [0.4, 0.5) is 0 Å². The van der Waals surface area contributed by atoms with E-state index in [0.29, 0.717) is 6.54 Å². The summed E-state index contributed by atoms with van der Waals surface area (Å²) in [7, 11) is 3.42. The fourth-order valence-electron chi connectivity index (χ4n) is 1.37. The van der Waals surface area contributed by atoms with Gasteiger partial charge >= 0.3 is 0 Å². The predicted molar refractivity (Wildman–Crippen MR) is 67.9 cm³/mol. The lowest BCUT2D eigenvalue weighted by molar-refractivity contribution is -0.134. The molecular weight excluding hydrogens is 220 g/mol. The fourth-order valence-corrected chi connectivity index (χ4v) is 1.37. The van der Waals surface area contributed by atoms with Crippen LogP contribution in [0.15, 0.2) is 0 Å². The van der Waals surface area contributed by atoms with E-state index in [2.05, 4.69) is 5.32 Å². The zero-order chi connectivity index (χ0) is 13.6. The van der Waals surface area contributed by atoms with Crippen LogP contribution in [0.3, 0.4) is 0 Å². The number of carbonyl (C=O) groups is 1. The number of hydrogen-bond acceptors (Lipinski definition) is 4. The van der Waals surface area contributed by atoms with Crippen LogP contribution in [-0.2, 0) is 9.53 Å². The van der Waals surface area contributed by atoms with Gasteiger partial charge in [0.1, 0.15) is 0 Å². The third-order valence-corrected chi connectivity index (χ3v) is 2.34. The van der Waals surface area contributed by atoms with E-state index >= 15 is 0 Å². The number of β-amino-alcohol motifs (C(OH)–C–C–N with tert-alkyl or cyclic N) is 1. The molecule has 0 aliphatic heterocycles. The Labute approximate surface area is 104 Å². The Morgan fingerprint density at radius 2 is 1.94 bits per heavy atom. The van der Waals surface area contributed by atoms with E-state index in [1.54, 1.807) is 27.9 Å². The van der Waals surface area contributed by atoms with Crippen molar-refractivity contribution in [2.75, 3.05) is 27.2 Å². The number of amides is 1. The van der Waals surface area contributed by atoms with Crippen molar-refractivity contribution in [1.82, 2.24) is 10.2 Å². The van der Waals surface area contributed by atoms with Crippen molar-refractivity contribution in [3.8, 4) is 0 Å². The van der Waals surface area contributed by atoms with Crippen molar-refractivity contribution >= 4 is 5.91 Å². The Bertz CT molecular complexity index is 240. The molecule has 5 nitrogen and oxygen atoms in total. The molecule has 0 aromatic rings. The second-order valence-electron chi connectivity index (χ2n) is 5.24. The molecule has 0 aromatic heterocycles. The maximum Gasteiger partial charge on any atom is 0.241 e. The summed E-state index contributed by atoms with van der Waals surface area (Å²) in [6.07, 6.45) is -0.507. The Morgan fingerprint density at radius 3 is 2.35 bits per heavy atom. The molecule has 1 atom stereocenters. The summed E-state index contributed by atoms with van der Waals surface area (Å²) < 4.78 is 5.29. The van der Waals surface area contributed by atoms with Crippen molar-refractivity contribution < 1.29 is 14.6 Å². The Hall–Kier alpha value is -0.650. The van der Waals surface area contributed by atoms with Gasteiger partial charge in [0.25, 0.3) is 0 Å². The molecule has 0 rings (SSSR count). The molecule has 0 spiro atoms. The predicted octanol–water partition coefficient (Wildman–Crippen LogP) is 0.229. The number of likely N-dealkylation sites (N-methyl/N-ethyl adjacent to an activating group) is 1. The maximum absolute atomic E-state index is 11.8. The minimum Gasteiger partial charge on any atom is -0.389 e. The first-order valence-corrected chi connectivity index (χ1v) is 5.93. The van der Waals surface area contributed by atoms with Gasteiger partial charge in [0.15, 0.2) is 0 Å². The summed E-state index contributed by atoms with van der Waals surface area (Å²) in [5.74, 6) is -0.0190. The summed E-state index contributed by atoms with van der Waals surface area (Å²) >= 11 is 0. The number of hydrogen-bond donors (Lipinski definition) is 2. The number of ether oxygens (including phenoxy) is 1. The molecule has 0 saturated heterocycles. The summed E-state index contributed by atoms with van der Waals surface area (Å²) in [5, 5.41) is 12.7. The lowest BCUT2D eigenvalue weighted by Gasteiger charge is -2.29. The lowest BCUT2D eigenvalue weighted by Crippen LogP contribution is -2.54. The van der Waals surface area contributed by atoms with Crippen LogP contribution in [0.1, 0.15) is 27.7 Å². The van der Waals surface area contributed by atoms with E-state index in [0.717, 1.165) is 0 Å². The van der Waals surface area contributed by atoms with Crippen LogP contribution in [0, 0.1) is 0 Å². The minimum atomic E-state index is -0.678. The van der Waals surface area contributed by atoms with Crippen LogP contribution in [0.25, 0.3) is 0 Å². The van der Waals surface area contributed by atoms with E-state index in [9.17, 15) is 9.90 Å². The molecule has 17 heavy (non-hydrogen) atoms. The maximum atomic E-state index is 11.8. The molecule has 2 N–H and O–H groups in total. The van der Waals surface area contributed by atoms with Gasteiger partial charge in [-0.05, 0) is 27.7 Å². The van der Waals surface area contributed by atoms with Gasteiger partial charge in [-0.15, -0.1) is 0 Å². The quantitative estimate of drug-likeness (QED) is 0.675. The normalized spacial score (nSPS) is 13.9. The van der Waals surface area contributed by atoms with Gasteiger partial charge in [0.05, 0.1) is 24.4 Å². The van der Waals surface area contributed by atoms with Crippen molar-refractivity contribution in [3.05, 3.63) is 0 Å². The van der Waals surface area contributed by atoms with Gasteiger partial charge in [-0.1, -0.05) is 0 Å². The largest absolute Gasteiger partial charge is 0.389 e. The number of rotatable bonds is 7. The highest BCUT2D eigenvalue weighted by atomic mass is 16.5. The topological polar surface area (TPSA) is 61.8 Å². The van der Waals surface area contributed by atoms with E-state index in [-0.39, 0.29) is 18.6 Å². The van der Waals surface area contributed by atoms with Crippen LogP contribution in [0.2, 0.25) is 0 Å². The van der Waals surface area contributed by atoms with Crippen molar-refractivity contribution in [1.29, 1.82) is 0 Å². The zero-order valence-electron chi connectivity index (χ0n) is 11.8. The smallest absolute Gasteiger partial charge is 0.241 e. The molecule has 0 aliphatic carbocycles. The summed E-state index contributed by atoms with van der Waals surface area (Å²) in [6, 6.07) is 0. The van der Waals surface area contributed by atoms with Crippen LogP contribution < -0.4 is 5.32 Å². The summed E-state index contributed by atoms with van der Waals surface area (Å²) in [6.45, 7) is 8.03. The monoisotopic (exact) mass is 246 g/mol. The van der Waals surface area contributed by atoms with E-state index < -0.39 is 11.6 Å². The second-order valence-corrected chi connectivity index (χ2v) is 5.24. The number of aliphatic hydroxyl groups excluding tert-OH is 1. The Morgan fingerprint density at radius 1 is 1.41 bits per heavy atom. The van der Waals surface area contributed by atoms with E-state index in [4.69, 9.17) is 4.74 Å². The molecular formula is C12H26N2O3. The van der Waals surface area contributed by atoms with Gasteiger partial charge in [-0.2, -0.15) is 0 Å². The average molecular weight is 246 g/mol. The van der Waals surface area contributed by atoms with Gasteiger partial charge in [-0.25, -0.2) is 0 Å². The fraction of sp³-hybridized carbons (Fsp3) is 0.917. The molecule has 0 aliphatic rings. The molecule has 0 radical (unpaired) electrons. The molecule has 0 aromatic carbocycles. The third kappa shape index (κ3) is 6.61. The Balaban J connectivity index is 4.05. The van der Waals surface area contributed by atoms with Crippen LogP contribution in [-0.4, -0.2) is 60.9 Å². The highest BCUT2D eigenvalue weighted by Crippen LogP contribution is 2.05. The number of nitrogens with zero attached hydrogens (tertiary/aromatic N) is 1. The zero-order valence-corrected chi connectivity index (χ0v) is 11.8. The first kappa shape index (κ1) is 16.4. The van der Waals surface area contributed by atoms with Crippen molar-refractivity contribution in [3.63, 3.8) is 0 Å². The van der Waals surface area contributed by atoms with E-state index in [1.165, 1.54) is 4.90 Å². The molecule has 5 heteroatoms. The number of carbonyl (C=O) groups excluding carboxylic acids is 1. The summed E-state index contributed by atoms with van der Waals surface area (Å²) in [4.78, 5) is 13.3. The van der Waals surface area contributed by atoms with Crippen LogP contribution in [0.5, 0.6) is 0 Å². The highest BCUT2D eigenvalue weighted by molar-refractivity contribution is 5.85. The third-order valence-electron chi connectivity index (χ3n) is 2.34. The molecule has 1 unspecified atom stereocenters. The van der Waals surface area contributed by atoms with Crippen molar-refractivity contribution in [2.45, 2.75) is 45.4 Å². The lowest BCUT2D eigenvalue weighted by atomic mass is 10.0. The number of aliphatic hydroxyl groups is 1. The molecule has 0 saturated carbocycles. The van der Waals surface area contributed by atoms with Gasteiger partial charge in [0, 0.05) is 20.6 Å². The van der Waals surface area contributed by atoms with Gasteiger partial charge in [0.2, 0.25) is 5.91 Å². The molecule has 1 amide bonds.